The summed E-state index contributed by atoms with van der Waals surface area (Å²) in [5.41, 5.74) is 0. The molecule has 0 radical (unpaired) electrons. The van der Waals surface area contributed by atoms with Crippen LogP contribution >= 0.6 is 37.2 Å². The Hall–Kier alpha value is -0.310. The van der Waals surface area contributed by atoms with Crippen molar-refractivity contribution in [2.75, 3.05) is 58.9 Å². The van der Waals surface area contributed by atoms with Crippen molar-refractivity contribution in [2.24, 2.45) is 5.92 Å². The van der Waals surface area contributed by atoms with Gasteiger partial charge in [0.05, 0.1) is 0 Å². The molecule has 0 spiro atoms. The van der Waals surface area contributed by atoms with Gasteiger partial charge in [-0.15, -0.1) is 37.2 Å². The Morgan fingerprint density at radius 3 is 2.03 bits per heavy atom. The topological polar surface area (TPSA) is 76.1 Å². The monoisotopic (exact) mass is 474 g/mol. The first kappa shape index (κ1) is 28.7. The van der Waals surface area contributed by atoms with Crippen LogP contribution in [-0.4, -0.2) is 96.6 Å². The third-order valence-corrected chi connectivity index (χ3v) is 6.23. The molecule has 172 valence electrons. The first-order valence-corrected chi connectivity index (χ1v) is 10.3. The summed E-state index contributed by atoms with van der Waals surface area (Å²) in [6.07, 6.45) is 6.40. The molecule has 1 atom stereocenters. The number of nitrogens with one attached hydrogen (secondary N) is 1. The van der Waals surface area contributed by atoms with Crippen molar-refractivity contribution in [3.8, 4) is 0 Å². The summed E-state index contributed by atoms with van der Waals surface area (Å²) in [5.74, 6) is -2.03. The van der Waals surface area contributed by atoms with Crippen LogP contribution in [0.1, 0.15) is 38.5 Å². The van der Waals surface area contributed by atoms with Gasteiger partial charge in [0.2, 0.25) is 5.91 Å². The standard InChI is InChI=1S/C19H34N4O3.3ClH/c24-18(17(19(25)26)6-11-21-9-2-1-3-10-21)23-14-12-22(13-15-23)16-4-7-20-8-5-16;;;/h16-17,20H,1-15H2,(H,25,26);3*1H. The van der Waals surface area contributed by atoms with E-state index in [1.807, 2.05) is 0 Å². The number of likely N-dealkylation sites (tertiary alicyclic amines) is 1. The molecular weight excluding hydrogens is 439 g/mol. The molecular formula is C19H37Cl3N4O3. The highest BCUT2D eigenvalue weighted by molar-refractivity contribution is 5.97. The van der Waals surface area contributed by atoms with Gasteiger partial charge in [-0.3, -0.25) is 14.5 Å². The normalized spacial score (nSPS) is 22.6. The van der Waals surface area contributed by atoms with Gasteiger partial charge in [0.15, 0.2) is 0 Å². The molecule has 0 aromatic heterocycles. The van der Waals surface area contributed by atoms with E-state index in [1.54, 1.807) is 4.90 Å². The summed E-state index contributed by atoms with van der Waals surface area (Å²) in [7, 11) is 0. The van der Waals surface area contributed by atoms with E-state index in [4.69, 9.17) is 0 Å². The van der Waals surface area contributed by atoms with E-state index in [9.17, 15) is 14.7 Å². The molecule has 0 aromatic rings. The lowest BCUT2D eigenvalue weighted by Crippen LogP contribution is -2.55. The van der Waals surface area contributed by atoms with Crippen LogP contribution in [0.15, 0.2) is 0 Å². The predicted octanol–water partition coefficient (Wildman–Crippen LogP) is 1.72. The van der Waals surface area contributed by atoms with Gasteiger partial charge in [0.25, 0.3) is 0 Å². The molecule has 3 rings (SSSR count). The minimum absolute atomic E-state index is 0. The zero-order valence-corrected chi connectivity index (χ0v) is 19.5. The Bertz CT molecular complexity index is 481. The van der Waals surface area contributed by atoms with E-state index in [0.717, 1.165) is 45.8 Å². The predicted molar refractivity (Wildman–Crippen MR) is 122 cm³/mol. The quantitative estimate of drug-likeness (QED) is 0.570. The number of aliphatic carboxylic acids is 1. The van der Waals surface area contributed by atoms with E-state index in [1.165, 1.54) is 32.1 Å². The molecule has 0 aliphatic carbocycles. The third-order valence-electron chi connectivity index (χ3n) is 6.23. The number of rotatable bonds is 6. The number of carboxylic acids is 1. The maximum absolute atomic E-state index is 12.8. The fourth-order valence-corrected chi connectivity index (χ4v) is 4.55. The van der Waals surface area contributed by atoms with Crippen LogP contribution in [-0.2, 0) is 9.59 Å². The fourth-order valence-electron chi connectivity index (χ4n) is 4.55. The second-order valence-corrected chi connectivity index (χ2v) is 7.92. The molecule has 0 aromatic carbocycles. The largest absolute Gasteiger partial charge is 0.481 e. The number of carboxylic acid groups (broad SMARTS) is 1. The maximum Gasteiger partial charge on any atom is 0.316 e. The van der Waals surface area contributed by atoms with Gasteiger partial charge in [-0.05, 0) is 64.8 Å². The number of amides is 1. The van der Waals surface area contributed by atoms with Crippen LogP contribution < -0.4 is 5.32 Å². The van der Waals surface area contributed by atoms with Gasteiger partial charge >= 0.3 is 5.97 Å². The molecule has 1 unspecified atom stereocenters. The molecule has 7 nitrogen and oxygen atoms in total. The Morgan fingerprint density at radius 1 is 0.897 bits per heavy atom. The number of carbonyl (C=O) groups is 2. The minimum atomic E-state index is -0.965. The van der Waals surface area contributed by atoms with Crippen LogP contribution in [0.4, 0.5) is 0 Å². The first-order chi connectivity index (χ1) is 12.6. The highest BCUT2D eigenvalue weighted by Gasteiger charge is 2.34. The van der Waals surface area contributed by atoms with Crippen molar-refractivity contribution in [3.05, 3.63) is 0 Å². The van der Waals surface area contributed by atoms with Gasteiger partial charge in [-0.1, -0.05) is 6.42 Å². The molecule has 3 aliphatic rings. The average molecular weight is 476 g/mol. The Kier molecular flexibility index (Phi) is 14.5. The van der Waals surface area contributed by atoms with Crippen LogP contribution in [0.2, 0.25) is 0 Å². The fraction of sp³-hybridized carbons (Fsp3) is 0.895. The van der Waals surface area contributed by atoms with Crippen molar-refractivity contribution >= 4 is 49.1 Å². The second kappa shape index (κ2) is 14.7. The molecule has 3 heterocycles. The molecule has 1 amide bonds. The van der Waals surface area contributed by atoms with Crippen LogP contribution in [0.3, 0.4) is 0 Å². The molecule has 10 heteroatoms. The number of carbonyl (C=O) groups excluding carboxylic acids is 1. The number of hydrogen-bond donors (Lipinski definition) is 2. The van der Waals surface area contributed by atoms with Crippen LogP contribution in [0.25, 0.3) is 0 Å². The van der Waals surface area contributed by atoms with Gasteiger partial charge < -0.3 is 20.2 Å². The van der Waals surface area contributed by atoms with Crippen molar-refractivity contribution in [3.63, 3.8) is 0 Å². The lowest BCUT2D eigenvalue weighted by Gasteiger charge is -2.41. The molecule has 3 fully saturated rings. The van der Waals surface area contributed by atoms with Crippen LogP contribution in [0, 0.1) is 5.92 Å². The highest BCUT2D eigenvalue weighted by Crippen LogP contribution is 2.18. The number of nitrogens with zero attached hydrogens (tertiary/aromatic N) is 3. The lowest BCUT2D eigenvalue weighted by molar-refractivity contribution is -0.152. The second-order valence-electron chi connectivity index (χ2n) is 7.92. The molecule has 29 heavy (non-hydrogen) atoms. The minimum Gasteiger partial charge on any atom is -0.481 e. The molecule has 0 bridgehead atoms. The summed E-state index contributed by atoms with van der Waals surface area (Å²) < 4.78 is 0. The van der Waals surface area contributed by atoms with E-state index in [-0.39, 0.29) is 43.1 Å². The van der Waals surface area contributed by atoms with E-state index in [2.05, 4.69) is 15.1 Å². The summed E-state index contributed by atoms with van der Waals surface area (Å²) in [6, 6.07) is 0.614. The van der Waals surface area contributed by atoms with Gasteiger partial charge in [0, 0.05) is 32.2 Å². The molecule has 2 N–H and O–H groups in total. The zero-order valence-electron chi connectivity index (χ0n) is 17.1. The Morgan fingerprint density at radius 2 is 1.48 bits per heavy atom. The summed E-state index contributed by atoms with van der Waals surface area (Å²) in [4.78, 5) is 31.0. The molecule has 0 saturated carbocycles. The summed E-state index contributed by atoms with van der Waals surface area (Å²) in [5, 5.41) is 13.0. The number of piperidine rings is 2. The van der Waals surface area contributed by atoms with E-state index in [0.29, 0.717) is 25.6 Å². The lowest BCUT2D eigenvalue weighted by atomic mass is 10.0. The van der Waals surface area contributed by atoms with Crippen molar-refractivity contribution in [2.45, 2.75) is 44.6 Å². The number of halogens is 3. The van der Waals surface area contributed by atoms with E-state index < -0.39 is 11.9 Å². The maximum atomic E-state index is 12.8. The molecule has 3 aliphatic heterocycles. The summed E-state index contributed by atoms with van der Waals surface area (Å²) >= 11 is 0. The smallest absolute Gasteiger partial charge is 0.316 e. The highest BCUT2D eigenvalue weighted by atomic mass is 35.5. The SMILES string of the molecule is Cl.Cl.Cl.O=C(O)C(CCN1CCCCC1)C(=O)N1CCN(C2CCNCC2)CC1. The van der Waals surface area contributed by atoms with Gasteiger partial charge in [-0.2, -0.15) is 0 Å². The number of hydrogen-bond acceptors (Lipinski definition) is 5. The number of piperazine rings is 1. The Balaban J connectivity index is 0.00000261. The van der Waals surface area contributed by atoms with Gasteiger partial charge in [-0.25, -0.2) is 0 Å². The van der Waals surface area contributed by atoms with Crippen molar-refractivity contribution < 1.29 is 14.7 Å². The third kappa shape index (κ3) is 8.38. The van der Waals surface area contributed by atoms with Crippen molar-refractivity contribution in [1.82, 2.24) is 20.0 Å². The Labute approximate surface area is 193 Å². The average Bonchev–Trinajstić information content (AvgIpc) is 2.69. The van der Waals surface area contributed by atoms with Crippen LogP contribution in [0.5, 0.6) is 0 Å². The van der Waals surface area contributed by atoms with Crippen molar-refractivity contribution in [1.29, 1.82) is 0 Å². The van der Waals surface area contributed by atoms with Gasteiger partial charge in [0.1, 0.15) is 5.92 Å². The molecule has 3 saturated heterocycles. The first-order valence-electron chi connectivity index (χ1n) is 10.3. The summed E-state index contributed by atoms with van der Waals surface area (Å²) in [6.45, 7) is 8.00. The zero-order chi connectivity index (χ0) is 18.4. The van der Waals surface area contributed by atoms with E-state index >= 15 is 0 Å².